The van der Waals surface area contributed by atoms with Crippen LogP contribution in [0.4, 0.5) is 24.1 Å². The van der Waals surface area contributed by atoms with Gasteiger partial charge in [-0.1, -0.05) is 25.2 Å². The molecule has 4 heterocycles. The fourth-order valence-corrected chi connectivity index (χ4v) is 7.42. The zero-order valence-electron chi connectivity index (χ0n) is 29.0. The van der Waals surface area contributed by atoms with Crippen LogP contribution in [0, 0.1) is 11.3 Å². The number of halogens is 3. The highest BCUT2D eigenvalue weighted by Gasteiger charge is 2.36. The lowest BCUT2D eigenvalue weighted by Crippen LogP contribution is -2.39. The average Bonchev–Trinajstić information content (AvgIpc) is 3.47. The number of hydrogen-bond acceptors (Lipinski definition) is 11. The van der Waals surface area contributed by atoms with Gasteiger partial charge in [-0.05, 0) is 62.8 Å². The lowest BCUT2D eigenvalue weighted by molar-refractivity contribution is -0.148. The summed E-state index contributed by atoms with van der Waals surface area (Å²) in [5.41, 5.74) is -0.0668. The van der Waals surface area contributed by atoms with Crippen LogP contribution in [0.15, 0.2) is 30.6 Å². The summed E-state index contributed by atoms with van der Waals surface area (Å²) in [6.45, 7) is 10.4. The first-order valence-corrected chi connectivity index (χ1v) is 17.8. The number of hydrogen-bond donors (Lipinski definition) is 1. The number of anilines is 2. The summed E-state index contributed by atoms with van der Waals surface area (Å²) in [6, 6.07) is 3.97. The monoisotopic (exact) mass is 718 g/mol. The molecule has 0 aliphatic carbocycles. The number of nitrogens with zero attached hydrogens (tertiary/aromatic N) is 5. The molecule has 2 fully saturated rings. The maximum atomic E-state index is 14.2. The fraction of sp³-hybridized carbons (Fsp3) is 0.571. The minimum absolute atomic E-state index is 0.0700. The Kier molecular flexibility index (Phi) is 12.3. The fourth-order valence-electron chi connectivity index (χ4n) is 6.40. The molecule has 0 atom stereocenters. The summed E-state index contributed by atoms with van der Waals surface area (Å²) in [4.78, 5) is 43.8. The number of benzene rings is 1. The van der Waals surface area contributed by atoms with Gasteiger partial charge in [0.2, 0.25) is 0 Å². The van der Waals surface area contributed by atoms with E-state index in [0.717, 1.165) is 36.9 Å². The zero-order valence-corrected chi connectivity index (χ0v) is 29.8. The number of esters is 1. The predicted octanol–water partition coefficient (Wildman–Crippen LogP) is 6.69. The number of aromatic nitrogens is 3. The number of alkyl halides is 3. The van der Waals surface area contributed by atoms with Crippen molar-refractivity contribution in [2.24, 2.45) is 11.3 Å². The number of thiazole rings is 1. The van der Waals surface area contributed by atoms with Crippen LogP contribution < -0.4 is 15.0 Å². The van der Waals surface area contributed by atoms with Crippen molar-refractivity contribution in [3.05, 3.63) is 46.7 Å². The van der Waals surface area contributed by atoms with Crippen molar-refractivity contribution in [3.63, 3.8) is 0 Å². The summed E-state index contributed by atoms with van der Waals surface area (Å²) >= 11 is 1.23. The number of amides is 1. The van der Waals surface area contributed by atoms with Crippen LogP contribution in [0.5, 0.6) is 5.75 Å². The van der Waals surface area contributed by atoms with Gasteiger partial charge in [-0.3, -0.25) is 19.8 Å². The third kappa shape index (κ3) is 9.69. The van der Waals surface area contributed by atoms with Crippen LogP contribution in [0.2, 0.25) is 0 Å². The summed E-state index contributed by atoms with van der Waals surface area (Å²) in [7, 11) is 1.52. The van der Waals surface area contributed by atoms with Crippen LogP contribution in [0.3, 0.4) is 0 Å². The van der Waals surface area contributed by atoms with E-state index in [1.807, 2.05) is 4.90 Å². The molecule has 15 heteroatoms. The van der Waals surface area contributed by atoms with Gasteiger partial charge < -0.3 is 19.1 Å². The number of piperidine rings is 2. The maximum absolute atomic E-state index is 14.2. The summed E-state index contributed by atoms with van der Waals surface area (Å²) in [6.07, 6.45) is 2.08. The van der Waals surface area contributed by atoms with Gasteiger partial charge in [-0.2, -0.15) is 13.2 Å². The molecule has 1 aromatic carbocycles. The van der Waals surface area contributed by atoms with Crippen LogP contribution >= 0.6 is 11.3 Å². The van der Waals surface area contributed by atoms with Crippen LogP contribution in [0.1, 0.15) is 73.8 Å². The third-order valence-corrected chi connectivity index (χ3v) is 9.84. The molecule has 1 N–H and O–H groups in total. The molecule has 2 saturated heterocycles. The SMILES string of the molecule is CCOC(=O)C1CCN(c2cnc(C(=O)Nc3nc(-c4ccc(OCCCOC)c(C(F)(F)F)c4)c(CN4CCCC(C)(C)C4)s3)cn2)CC1. The average molecular weight is 719 g/mol. The van der Waals surface area contributed by atoms with E-state index in [1.54, 1.807) is 13.0 Å². The molecule has 3 aromatic rings. The molecule has 2 aromatic heterocycles. The first kappa shape index (κ1) is 37.4. The Hall–Kier alpha value is -3.82. The van der Waals surface area contributed by atoms with Crippen molar-refractivity contribution in [1.29, 1.82) is 0 Å². The third-order valence-electron chi connectivity index (χ3n) is 8.88. The van der Waals surface area contributed by atoms with Crippen molar-refractivity contribution in [1.82, 2.24) is 19.9 Å². The van der Waals surface area contributed by atoms with Gasteiger partial charge in [0, 0.05) is 56.8 Å². The molecule has 0 radical (unpaired) electrons. The smallest absolute Gasteiger partial charge is 0.419 e. The predicted molar refractivity (Wildman–Crippen MR) is 184 cm³/mol. The molecule has 50 heavy (non-hydrogen) atoms. The first-order chi connectivity index (χ1) is 23.9. The second kappa shape index (κ2) is 16.5. The normalized spacial score (nSPS) is 17.1. The Morgan fingerprint density at radius 3 is 2.54 bits per heavy atom. The Morgan fingerprint density at radius 1 is 1.10 bits per heavy atom. The van der Waals surface area contributed by atoms with Gasteiger partial charge in [0.05, 0.1) is 42.8 Å². The number of likely N-dealkylation sites (tertiary alicyclic amines) is 1. The van der Waals surface area contributed by atoms with Crippen molar-refractivity contribution in [2.45, 2.75) is 65.6 Å². The van der Waals surface area contributed by atoms with Crippen LogP contribution in [0.25, 0.3) is 11.3 Å². The Balaban J connectivity index is 1.35. The van der Waals surface area contributed by atoms with E-state index >= 15 is 0 Å². The molecule has 2 aliphatic heterocycles. The molecular weight excluding hydrogens is 673 g/mol. The van der Waals surface area contributed by atoms with E-state index in [1.165, 1.54) is 36.9 Å². The topological polar surface area (TPSA) is 119 Å². The molecule has 5 rings (SSSR count). The van der Waals surface area contributed by atoms with E-state index < -0.39 is 17.6 Å². The van der Waals surface area contributed by atoms with E-state index in [2.05, 4.69) is 39.0 Å². The van der Waals surface area contributed by atoms with Crippen molar-refractivity contribution >= 4 is 34.2 Å². The largest absolute Gasteiger partial charge is 0.493 e. The molecule has 0 unspecified atom stereocenters. The number of carbonyl (C=O) groups is 2. The number of nitrogens with one attached hydrogen (secondary N) is 1. The Morgan fingerprint density at radius 2 is 1.88 bits per heavy atom. The highest BCUT2D eigenvalue weighted by atomic mass is 32.1. The van der Waals surface area contributed by atoms with E-state index in [4.69, 9.17) is 14.2 Å². The minimum atomic E-state index is -4.65. The number of ether oxygens (including phenoxy) is 3. The summed E-state index contributed by atoms with van der Waals surface area (Å²) < 4.78 is 58.4. The Labute approximate surface area is 294 Å². The highest BCUT2D eigenvalue weighted by molar-refractivity contribution is 7.16. The van der Waals surface area contributed by atoms with Gasteiger partial charge >= 0.3 is 12.1 Å². The second-order valence-electron chi connectivity index (χ2n) is 13.4. The summed E-state index contributed by atoms with van der Waals surface area (Å²) in [5.74, 6) is -0.522. The van der Waals surface area contributed by atoms with Gasteiger partial charge in [0.25, 0.3) is 5.91 Å². The van der Waals surface area contributed by atoms with Crippen LogP contribution in [-0.4, -0.2) is 84.8 Å². The molecule has 2 aliphatic rings. The minimum Gasteiger partial charge on any atom is -0.493 e. The van der Waals surface area contributed by atoms with Crippen LogP contribution in [-0.2, 0) is 27.0 Å². The quantitative estimate of drug-likeness (QED) is 0.151. The second-order valence-corrected chi connectivity index (χ2v) is 14.5. The number of carbonyl (C=O) groups excluding carboxylic acids is 2. The molecule has 0 bridgehead atoms. The zero-order chi connectivity index (χ0) is 35.9. The van der Waals surface area contributed by atoms with Crippen molar-refractivity contribution < 1.29 is 37.0 Å². The lowest BCUT2D eigenvalue weighted by Gasteiger charge is -2.37. The van der Waals surface area contributed by atoms with Gasteiger partial charge in [0.15, 0.2) is 5.13 Å². The summed E-state index contributed by atoms with van der Waals surface area (Å²) in [5, 5.41) is 3.04. The van der Waals surface area contributed by atoms with E-state index in [0.29, 0.717) is 63.6 Å². The van der Waals surface area contributed by atoms with Crippen molar-refractivity contribution in [2.75, 3.05) is 63.3 Å². The van der Waals surface area contributed by atoms with Crippen molar-refractivity contribution in [3.8, 4) is 17.0 Å². The molecule has 0 saturated carbocycles. The molecular formula is C35H45F3N6O5S. The standard InChI is InChI=1S/C35H45F3N6O5S/c1-5-48-32(46)23-10-14-44(15-11-23)29-20-39-26(19-40-29)31(45)42-33-41-30(28(50-33)21-43-13-6-12-34(2,3)22-43)24-8-9-27(49-17-7-16-47-4)25(18-24)35(36,37)38/h8-9,18-20,23H,5-7,10-17,21-22H2,1-4H3,(H,41,42,45). The molecule has 0 spiro atoms. The molecule has 1 amide bonds. The van der Waals surface area contributed by atoms with Gasteiger partial charge in [-0.25, -0.2) is 15.0 Å². The lowest BCUT2D eigenvalue weighted by atomic mass is 9.84. The van der Waals surface area contributed by atoms with Gasteiger partial charge in [0.1, 0.15) is 17.3 Å². The first-order valence-electron chi connectivity index (χ1n) is 17.0. The Bertz CT molecular complexity index is 1610. The molecule has 272 valence electrons. The van der Waals surface area contributed by atoms with E-state index in [9.17, 15) is 22.8 Å². The number of rotatable bonds is 13. The highest BCUT2D eigenvalue weighted by Crippen LogP contribution is 2.41. The van der Waals surface area contributed by atoms with E-state index in [-0.39, 0.29) is 46.0 Å². The van der Waals surface area contributed by atoms with Gasteiger partial charge in [-0.15, -0.1) is 0 Å². The number of methoxy groups -OCH3 is 1. The maximum Gasteiger partial charge on any atom is 0.419 e. The molecule has 11 nitrogen and oxygen atoms in total.